The van der Waals surface area contributed by atoms with Crippen molar-refractivity contribution >= 4 is 17.3 Å². The number of hydrogen-bond acceptors (Lipinski definition) is 4. The highest BCUT2D eigenvalue weighted by atomic mass is 16.5. The van der Waals surface area contributed by atoms with Crippen molar-refractivity contribution < 1.29 is 9.53 Å². The summed E-state index contributed by atoms with van der Waals surface area (Å²) in [6, 6.07) is 24.2. The Morgan fingerprint density at radius 1 is 1.10 bits per heavy atom. The maximum atomic E-state index is 13.5. The molecule has 1 N–H and O–H groups in total. The highest BCUT2D eigenvalue weighted by Gasteiger charge is 2.60. The van der Waals surface area contributed by atoms with E-state index in [0.29, 0.717) is 0 Å². The van der Waals surface area contributed by atoms with Crippen molar-refractivity contribution in [2.45, 2.75) is 31.5 Å². The van der Waals surface area contributed by atoms with Crippen LogP contribution in [0.15, 0.2) is 77.9 Å². The van der Waals surface area contributed by atoms with Gasteiger partial charge in [-0.1, -0.05) is 61.5 Å². The monoisotopic (exact) mass is 395 g/mol. The molecule has 148 valence electrons. The molecule has 2 atom stereocenters. The predicted octanol–water partition coefficient (Wildman–Crippen LogP) is 4.60. The Kier molecular flexibility index (Phi) is 3.57. The van der Waals surface area contributed by atoms with E-state index in [2.05, 4.69) is 42.6 Å². The van der Waals surface area contributed by atoms with Crippen LogP contribution < -0.4 is 10.1 Å². The van der Waals surface area contributed by atoms with Gasteiger partial charge >= 0.3 is 5.72 Å². The first-order chi connectivity index (χ1) is 14.7. The number of nitrogens with one attached hydrogen (secondary N) is 1. The quantitative estimate of drug-likeness (QED) is 0.690. The maximum absolute atomic E-state index is 13.5. The number of nitrogens with zero attached hydrogens (tertiary/aromatic N) is 2. The highest BCUT2D eigenvalue weighted by molar-refractivity contribution is 6.07. The molecule has 0 saturated carbocycles. The third-order valence-electron chi connectivity index (χ3n) is 6.29. The highest BCUT2D eigenvalue weighted by Crippen LogP contribution is 2.54. The van der Waals surface area contributed by atoms with Gasteiger partial charge in [0.2, 0.25) is 0 Å². The van der Waals surface area contributed by atoms with Crippen LogP contribution in [0.1, 0.15) is 41.6 Å². The van der Waals surface area contributed by atoms with Crippen molar-refractivity contribution in [1.82, 2.24) is 5.01 Å². The van der Waals surface area contributed by atoms with E-state index in [4.69, 9.17) is 9.84 Å². The fourth-order valence-corrected chi connectivity index (χ4v) is 4.76. The van der Waals surface area contributed by atoms with Crippen LogP contribution >= 0.6 is 0 Å². The van der Waals surface area contributed by atoms with E-state index in [1.165, 1.54) is 0 Å². The number of carbonyl (C=O) groups is 1. The van der Waals surface area contributed by atoms with Gasteiger partial charge in [0.15, 0.2) is 0 Å². The first-order valence-corrected chi connectivity index (χ1v) is 10.4. The number of ether oxygens (including phenoxy) is 1. The van der Waals surface area contributed by atoms with Crippen LogP contribution in [0, 0.1) is 0 Å². The molecular weight excluding hydrogens is 374 g/mol. The largest absolute Gasteiger partial charge is 0.453 e. The molecule has 0 saturated heterocycles. The molecule has 5 nitrogen and oxygen atoms in total. The van der Waals surface area contributed by atoms with Crippen LogP contribution in [-0.2, 0) is 16.9 Å². The van der Waals surface area contributed by atoms with Crippen LogP contribution in [-0.4, -0.2) is 16.6 Å². The van der Waals surface area contributed by atoms with Crippen molar-refractivity contribution in [2.24, 2.45) is 5.10 Å². The topological polar surface area (TPSA) is 53.9 Å². The maximum Gasteiger partial charge on any atom is 0.306 e. The summed E-state index contributed by atoms with van der Waals surface area (Å²) in [4.78, 5) is 13.5. The Balaban J connectivity index is 1.58. The molecule has 3 aromatic rings. The van der Waals surface area contributed by atoms with Gasteiger partial charge in [0.1, 0.15) is 5.75 Å². The van der Waals surface area contributed by atoms with Gasteiger partial charge in [0.25, 0.3) is 5.91 Å². The van der Waals surface area contributed by atoms with E-state index < -0.39 is 5.72 Å². The molecule has 0 bridgehead atoms. The molecule has 3 aliphatic rings. The van der Waals surface area contributed by atoms with Gasteiger partial charge in [-0.15, -0.1) is 0 Å². The van der Waals surface area contributed by atoms with Crippen LogP contribution in [0.3, 0.4) is 0 Å². The summed E-state index contributed by atoms with van der Waals surface area (Å²) < 4.78 is 6.52. The van der Waals surface area contributed by atoms with E-state index >= 15 is 0 Å². The molecule has 3 aliphatic heterocycles. The molecule has 30 heavy (non-hydrogen) atoms. The first-order valence-electron chi connectivity index (χ1n) is 10.4. The molecule has 0 aromatic heterocycles. The van der Waals surface area contributed by atoms with Crippen LogP contribution in [0.5, 0.6) is 5.75 Å². The number of fused-ring (bicyclic) bond motifs is 6. The summed E-state index contributed by atoms with van der Waals surface area (Å²) in [6.07, 6.45) is 1.61. The Bertz CT molecular complexity index is 1200. The second kappa shape index (κ2) is 6.20. The average Bonchev–Trinajstić information content (AvgIpc) is 3.35. The summed E-state index contributed by atoms with van der Waals surface area (Å²) in [5.41, 5.74) is 4.59. The Labute approximate surface area is 175 Å². The van der Waals surface area contributed by atoms with Crippen molar-refractivity contribution in [3.63, 3.8) is 0 Å². The fourth-order valence-electron chi connectivity index (χ4n) is 4.76. The molecule has 1 spiro atoms. The molecule has 3 heterocycles. The van der Waals surface area contributed by atoms with E-state index in [0.717, 1.165) is 52.2 Å². The number of anilines is 1. The number of hydrazone groups is 1. The molecule has 0 aliphatic carbocycles. The second-order valence-electron chi connectivity index (χ2n) is 7.95. The minimum absolute atomic E-state index is 0.0628. The van der Waals surface area contributed by atoms with Gasteiger partial charge in [-0.05, 0) is 35.7 Å². The smallest absolute Gasteiger partial charge is 0.306 e. The number of rotatable bonds is 2. The van der Waals surface area contributed by atoms with Gasteiger partial charge in [-0.2, -0.15) is 5.10 Å². The zero-order chi connectivity index (χ0) is 20.3. The molecule has 5 heteroatoms. The predicted molar refractivity (Wildman–Crippen MR) is 115 cm³/mol. The van der Waals surface area contributed by atoms with E-state index in [9.17, 15) is 4.79 Å². The molecule has 3 aromatic carbocycles. The van der Waals surface area contributed by atoms with Crippen molar-refractivity contribution in [1.29, 1.82) is 0 Å². The summed E-state index contributed by atoms with van der Waals surface area (Å²) in [7, 11) is 0. The first kappa shape index (κ1) is 17.3. The standard InChI is InChI=1S/C25H21N3O2/c1-2-16-12-13-20-19(14-16)25(24(29)26-20)28-22(18-10-6-7-11-23(18)30-25)15-21(27-28)17-8-4-3-5-9-17/h3-14,22H,2,15H2,1H3,(H,26,29)/t22-,25+/m1/s1. The van der Waals surface area contributed by atoms with Crippen molar-refractivity contribution in [2.75, 3.05) is 5.32 Å². The van der Waals surface area contributed by atoms with Gasteiger partial charge in [-0.25, -0.2) is 5.01 Å². The fraction of sp³-hybridized carbons (Fsp3) is 0.200. The SMILES string of the molecule is CCc1ccc2c(c1)[C@]1(Oc3ccccc3[C@H]3CC(c4ccccc4)=NN31)C(=O)N2. The average molecular weight is 395 g/mol. The van der Waals surface area contributed by atoms with Crippen LogP contribution in [0.2, 0.25) is 0 Å². The Morgan fingerprint density at radius 2 is 1.90 bits per heavy atom. The summed E-state index contributed by atoms with van der Waals surface area (Å²) in [5.74, 6) is 0.552. The third-order valence-corrected chi connectivity index (χ3v) is 6.29. The van der Waals surface area contributed by atoms with Crippen LogP contribution in [0.4, 0.5) is 5.69 Å². The zero-order valence-corrected chi connectivity index (χ0v) is 16.6. The minimum atomic E-state index is -1.30. The van der Waals surface area contributed by atoms with Gasteiger partial charge < -0.3 is 10.1 Å². The number of benzene rings is 3. The molecule has 0 radical (unpaired) electrons. The summed E-state index contributed by atoms with van der Waals surface area (Å²) in [6.45, 7) is 2.11. The lowest BCUT2D eigenvalue weighted by Gasteiger charge is -2.44. The lowest BCUT2D eigenvalue weighted by atomic mass is 9.91. The lowest BCUT2D eigenvalue weighted by molar-refractivity contribution is -0.161. The normalized spacial score (nSPS) is 23.4. The van der Waals surface area contributed by atoms with Crippen molar-refractivity contribution in [3.8, 4) is 5.75 Å². The second-order valence-corrected chi connectivity index (χ2v) is 7.95. The number of aryl methyl sites for hydroxylation is 1. The number of para-hydroxylation sites is 1. The third kappa shape index (κ3) is 2.23. The number of hydrogen-bond donors (Lipinski definition) is 1. The molecule has 0 fully saturated rings. The summed E-state index contributed by atoms with van der Waals surface area (Å²) >= 11 is 0. The zero-order valence-electron chi connectivity index (χ0n) is 16.6. The lowest BCUT2D eigenvalue weighted by Crippen LogP contribution is -2.55. The molecule has 0 unspecified atom stereocenters. The molecule has 1 amide bonds. The van der Waals surface area contributed by atoms with E-state index in [1.54, 1.807) is 0 Å². The van der Waals surface area contributed by atoms with Crippen molar-refractivity contribution in [3.05, 3.63) is 95.1 Å². The number of carbonyl (C=O) groups excluding carboxylic acids is 1. The number of amides is 1. The minimum Gasteiger partial charge on any atom is -0.453 e. The van der Waals surface area contributed by atoms with Gasteiger partial charge in [0.05, 0.1) is 23.0 Å². The Morgan fingerprint density at radius 3 is 2.73 bits per heavy atom. The Hall–Kier alpha value is -3.60. The van der Waals surface area contributed by atoms with E-state index in [-0.39, 0.29) is 11.9 Å². The van der Waals surface area contributed by atoms with Gasteiger partial charge in [-0.3, -0.25) is 4.79 Å². The summed E-state index contributed by atoms with van der Waals surface area (Å²) in [5, 5.41) is 9.90. The van der Waals surface area contributed by atoms with Gasteiger partial charge in [0, 0.05) is 12.0 Å². The molecular formula is C25H21N3O2. The van der Waals surface area contributed by atoms with E-state index in [1.807, 2.05) is 47.5 Å². The molecule has 6 rings (SSSR count). The van der Waals surface area contributed by atoms with Crippen LogP contribution in [0.25, 0.3) is 0 Å².